The van der Waals surface area contributed by atoms with Gasteiger partial charge in [0.2, 0.25) is 0 Å². The summed E-state index contributed by atoms with van der Waals surface area (Å²) in [5.74, 6) is 1.82. The van der Waals surface area contributed by atoms with Crippen molar-refractivity contribution in [3.05, 3.63) is 95.6 Å². The van der Waals surface area contributed by atoms with E-state index < -0.39 is 0 Å². The Balaban J connectivity index is 1.32. The molecule has 8 nitrogen and oxygen atoms in total. The average Bonchev–Trinajstić information content (AvgIpc) is 3.58. The minimum Gasteiger partial charge on any atom is -0.334 e. The Morgan fingerprint density at radius 3 is 2.51 bits per heavy atom. The maximum Gasteiger partial charge on any atom is 0.320 e. The van der Waals surface area contributed by atoms with E-state index in [-0.39, 0.29) is 16.7 Å². The Bertz CT molecular complexity index is 1670. The van der Waals surface area contributed by atoms with Crippen LogP contribution in [0.3, 0.4) is 0 Å². The molecule has 2 amide bonds. The minimum atomic E-state index is -0.293. The van der Waals surface area contributed by atoms with Gasteiger partial charge < -0.3 is 5.32 Å². The van der Waals surface area contributed by atoms with E-state index >= 15 is 0 Å². The molecule has 0 unspecified atom stereocenters. The number of hydrogen-bond donors (Lipinski definition) is 2. The number of aromatic nitrogens is 5. The van der Waals surface area contributed by atoms with Gasteiger partial charge in [-0.1, -0.05) is 61.5 Å². The molecule has 5 aromatic rings. The average molecular weight is 586 g/mol. The first-order chi connectivity index (χ1) is 19.6. The Hall–Kier alpha value is -3.76. The summed E-state index contributed by atoms with van der Waals surface area (Å²) in [5.41, 5.74) is 4.81. The summed E-state index contributed by atoms with van der Waals surface area (Å²) >= 11 is 3.37. The van der Waals surface area contributed by atoms with Crippen molar-refractivity contribution < 1.29 is 4.79 Å². The molecule has 0 aliphatic heterocycles. The van der Waals surface area contributed by atoms with Crippen molar-refractivity contribution in [1.29, 1.82) is 0 Å². The molecule has 212 valence electrons. The van der Waals surface area contributed by atoms with Crippen LogP contribution in [0.5, 0.6) is 0 Å². The van der Waals surface area contributed by atoms with Gasteiger partial charge in [-0.25, -0.2) is 9.48 Å². The molecule has 0 atom stereocenters. The Labute approximate surface area is 249 Å². The van der Waals surface area contributed by atoms with Gasteiger partial charge in [0.15, 0.2) is 5.65 Å². The van der Waals surface area contributed by atoms with Crippen molar-refractivity contribution in [2.24, 2.45) is 0 Å². The maximum absolute atomic E-state index is 13.1. The molecule has 0 saturated carbocycles. The van der Waals surface area contributed by atoms with E-state index in [1.54, 1.807) is 28.2 Å². The lowest BCUT2D eigenvalue weighted by atomic mass is 10.1. The minimum absolute atomic E-state index is 0.204. The number of thioether (sulfide) groups is 1. The highest BCUT2D eigenvalue weighted by Crippen LogP contribution is 2.35. The molecule has 0 spiro atoms. The predicted molar refractivity (Wildman–Crippen MR) is 168 cm³/mol. The van der Waals surface area contributed by atoms with Crippen LogP contribution in [0, 0.1) is 6.92 Å². The molecular formula is C31H35N7OS2. The number of amides is 2. The molecule has 0 radical (unpaired) electrons. The van der Waals surface area contributed by atoms with Crippen molar-refractivity contribution in [3.8, 4) is 5.69 Å². The van der Waals surface area contributed by atoms with E-state index in [0.29, 0.717) is 12.4 Å². The number of urea groups is 1. The molecule has 0 bridgehead atoms. The zero-order chi connectivity index (χ0) is 29.1. The van der Waals surface area contributed by atoms with Crippen molar-refractivity contribution in [2.75, 3.05) is 11.6 Å². The second-order valence-electron chi connectivity index (χ2n) is 10.7. The quantitative estimate of drug-likeness (QED) is 0.187. The van der Waals surface area contributed by atoms with E-state index in [1.807, 2.05) is 65.9 Å². The van der Waals surface area contributed by atoms with E-state index in [9.17, 15) is 4.79 Å². The number of rotatable bonds is 9. The van der Waals surface area contributed by atoms with Crippen LogP contribution in [0.15, 0.2) is 82.7 Å². The fourth-order valence-electron chi connectivity index (χ4n) is 4.31. The predicted octanol–water partition coefficient (Wildman–Crippen LogP) is 7.42. The van der Waals surface area contributed by atoms with Crippen molar-refractivity contribution in [1.82, 2.24) is 29.7 Å². The molecule has 2 aromatic carbocycles. The highest BCUT2D eigenvalue weighted by molar-refractivity contribution is 7.99. The van der Waals surface area contributed by atoms with Gasteiger partial charge >= 0.3 is 6.03 Å². The number of anilines is 1. The highest BCUT2D eigenvalue weighted by Gasteiger charge is 2.25. The first-order valence-corrected chi connectivity index (χ1v) is 15.6. The van der Waals surface area contributed by atoms with Gasteiger partial charge in [0.25, 0.3) is 0 Å². The van der Waals surface area contributed by atoms with Crippen LogP contribution in [0.1, 0.15) is 56.3 Å². The first kappa shape index (κ1) is 28.8. The molecular weight excluding hydrogens is 551 g/mol. The summed E-state index contributed by atoms with van der Waals surface area (Å²) in [7, 11) is 0. The summed E-state index contributed by atoms with van der Waals surface area (Å²) in [6.07, 6.45) is 4.14. The first-order valence-electron chi connectivity index (χ1n) is 13.5. The third-order valence-corrected chi connectivity index (χ3v) is 9.24. The maximum atomic E-state index is 13.1. The number of fused-ring (bicyclic) bond motifs is 1. The summed E-state index contributed by atoms with van der Waals surface area (Å²) in [6, 6.07) is 21.9. The Morgan fingerprint density at radius 2 is 1.78 bits per heavy atom. The Morgan fingerprint density at radius 1 is 1.02 bits per heavy atom. The van der Waals surface area contributed by atoms with Crippen LogP contribution in [0.2, 0.25) is 0 Å². The van der Waals surface area contributed by atoms with Gasteiger partial charge in [-0.15, -0.1) is 10.2 Å². The number of carbonyl (C=O) groups is 1. The third-order valence-electron chi connectivity index (χ3n) is 6.91. The molecule has 0 aliphatic rings. The number of pyridine rings is 1. The molecule has 2 N–H and O–H groups in total. The van der Waals surface area contributed by atoms with Crippen molar-refractivity contribution in [3.63, 3.8) is 0 Å². The normalized spacial score (nSPS) is 11.8. The van der Waals surface area contributed by atoms with Gasteiger partial charge in [-0.3, -0.25) is 9.72 Å². The number of aryl methyl sites for hydroxylation is 1. The smallest absolute Gasteiger partial charge is 0.320 e. The van der Waals surface area contributed by atoms with Crippen LogP contribution in [0.25, 0.3) is 11.3 Å². The van der Waals surface area contributed by atoms with Gasteiger partial charge in [0, 0.05) is 34.5 Å². The van der Waals surface area contributed by atoms with Gasteiger partial charge in [0.1, 0.15) is 11.6 Å². The standard InChI is InChI=1S/C31H35N7OS2/c1-20(2)29-35-34-27-16-15-24(19-37(27)29)41-25-10-8-7-9-22(25)18-32-30(39)33-28-17-26(31(4,5)40-6)36-38(28)23-13-11-21(3)12-14-23/h7-17,19-20H,18H2,1-6H3,(H2,32,33,39). The van der Waals surface area contributed by atoms with E-state index in [1.165, 1.54) is 0 Å². The van der Waals surface area contributed by atoms with E-state index in [0.717, 1.165) is 43.8 Å². The second kappa shape index (κ2) is 12.0. The summed E-state index contributed by atoms with van der Waals surface area (Å²) < 4.78 is 3.64. The largest absolute Gasteiger partial charge is 0.334 e. The summed E-state index contributed by atoms with van der Waals surface area (Å²) in [6.45, 7) is 10.9. The topological polar surface area (TPSA) is 89.1 Å². The van der Waals surface area contributed by atoms with Crippen LogP contribution in [-0.4, -0.2) is 36.7 Å². The lowest BCUT2D eigenvalue weighted by molar-refractivity contribution is 0.251. The fraction of sp³-hybridized carbons (Fsp3) is 0.290. The number of nitrogens with one attached hydrogen (secondary N) is 2. The molecule has 0 aliphatic carbocycles. The van der Waals surface area contributed by atoms with E-state index in [2.05, 4.69) is 73.1 Å². The van der Waals surface area contributed by atoms with Gasteiger partial charge in [-0.05, 0) is 62.9 Å². The third kappa shape index (κ3) is 6.44. The molecule has 0 fully saturated rings. The van der Waals surface area contributed by atoms with Crippen molar-refractivity contribution >= 4 is 41.0 Å². The molecule has 5 rings (SSSR count). The summed E-state index contributed by atoms with van der Waals surface area (Å²) in [4.78, 5) is 15.3. The lowest BCUT2D eigenvalue weighted by Gasteiger charge is -2.18. The molecule has 3 heterocycles. The second-order valence-corrected chi connectivity index (χ2v) is 13.2. The monoisotopic (exact) mass is 585 g/mol. The van der Waals surface area contributed by atoms with E-state index in [4.69, 9.17) is 5.10 Å². The SMILES string of the molecule is CSC(C)(C)c1cc(NC(=O)NCc2ccccc2Sc2ccc3nnc(C(C)C)n3c2)n(-c2ccc(C)cc2)n1. The molecule has 41 heavy (non-hydrogen) atoms. The summed E-state index contributed by atoms with van der Waals surface area (Å²) in [5, 5.41) is 19.5. The van der Waals surface area contributed by atoms with Crippen LogP contribution >= 0.6 is 23.5 Å². The fourth-order valence-corrected chi connectivity index (χ4v) is 5.58. The molecule has 10 heteroatoms. The number of benzene rings is 2. The lowest BCUT2D eigenvalue weighted by Crippen LogP contribution is -2.29. The van der Waals surface area contributed by atoms with Crippen LogP contribution in [-0.2, 0) is 11.3 Å². The van der Waals surface area contributed by atoms with Crippen molar-refractivity contribution in [2.45, 2.75) is 61.6 Å². The molecule has 3 aromatic heterocycles. The number of carbonyl (C=O) groups excluding carboxylic acids is 1. The van der Waals surface area contributed by atoms with Gasteiger partial charge in [-0.2, -0.15) is 16.9 Å². The number of nitrogens with zero attached hydrogens (tertiary/aromatic N) is 5. The molecule has 0 saturated heterocycles. The Kier molecular flexibility index (Phi) is 8.42. The van der Waals surface area contributed by atoms with Crippen LogP contribution in [0.4, 0.5) is 10.6 Å². The zero-order valence-electron chi connectivity index (χ0n) is 24.2. The van der Waals surface area contributed by atoms with Crippen LogP contribution < -0.4 is 10.6 Å². The number of hydrogen-bond acceptors (Lipinski definition) is 6. The van der Waals surface area contributed by atoms with Gasteiger partial charge in [0.05, 0.1) is 16.1 Å². The zero-order valence-corrected chi connectivity index (χ0v) is 25.8. The highest BCUT2D eigenvalue weighted by atomic mass is 32.2.